The van der Waals surface area contributed by atoms with Crippen molar-refractivity contribution in [2.75, 3.05) is 0 Å². The van der Waals surface area contributed by atoms with Gasteiger partial charge in [-0.05, 0) is 42.5 Å². The van der Waals surface area contributed by atoms with Gasteiger partial charge in [0, 0.05) is 20.6 Å². The lowest BCUT2D eigenvalue weighted by Gasteiger charge is -2.13. The Morgan fingerprint density at radius 2 is 1.57 bits per heavy atom. The summed E-state index contributed by atoms with van der Waals surface area (Å²) in [5.41, 5.74) is 2.67. The number of halogens is 4. The minimum Gasteiger partial charge on any atom is -0.484 e. The molecule has 0 unspecified atom stereocenters. The van der Waals surface area contributed by atoms with Crippen molar-refractivity contribution >= 4 is 57.4 Å². The van der Waals surface area contributed by atoms with Gasteiger partial charge < -0.3 is 9.30 Å². The van der Waals surface area contributed by atoms with Crippen molar-refractivity contribution in [1.29, 1.82) is 0 Å². The topological polar surface area (TPSA) is 27.1 Å². The number of ether oxygens (including phenoxy) is 1. The minimum absolute atomic E-state index is 0.234. The smallest absolute Gasteiger partial charge is 0.148 e. The molecule has 28 heavy (non-hydrogen) atoms. The molecular weight excluding hydrogens is 438 g/mol. The van der Waals surface area contributed by atoms with Gasteiger partial charge in [0.25, 0.3) is 0 Å². The Hall–Kier alpha value is -1.91. The fraction of sp³-hybridized carbons (Fsp3) is 0.0952. The van der Waals surface area contributed by atoms with Gasteiger partial charge in [-0.25, -0.2) is 4.98 Å². The Balaban J connectivity index is 1.71. The van der Waals surface area contributed by atoms with Crippen molar-refractivity contribution in [3.05, 3.63) is 92.1 Å². The molecule has 0 bridgehead atoms. The van der Waals surface area contributed by atoms with Crippen LogP contribution in [-0.2, 0) is 13.2 Å². The van der Waals surface area contributed by atoms with Crippen LogP contribution >= 0.6 is 46.4 Å². The third-order valence-electron chi connectivity index (χ3n) is 4.36. The number of para-hydroxylation sites is 2. The van der Waals surface area contributed by atoms with Crippen LogP contribution in [0.2, 0.25) is 20.1 Å². The number of fused-ring (bicyclic) bond motifs is 1. The highest BCUT2D eigenvalue weighted by Gasteiger charge is 2.15. The lowest BCUT2D eigenvalue weighted by atomic mass is 10.2. The molecule has 0 atom stereocenters. The monoisotopic (exact) mass is 450 g/mol. The second-order valence-corrected chi connectivity index (χ2v) is 7.82. The van der Waals surface area contributed by atoms with Crippen LogP contribution < -0.4 is 4.74 Å². The predicted molar refractivity (Wildman–Crippen MR) is 116 cm³/mol. The summed E-state index contributed by atoms with van der Waals surface area (Å²) >= 11 is 24.9. The quantitative estimate of drug-likeness (QED) is 0.318. The molecule has 0 saturated carbocycles. The molecule has 0 aliphatic heterocycles. The van der Waals surface area contributed by atoms with Crippen molar-refractivity contribution in [3.8, 4) is 5.75 Å². The van der Waals surface area contributed by atoms with Crippen LogP contribution in [0.4, 0.5) is 0 Å². The van der Waals surface area contributed by atoms with Gasteiger partial charge in [0.2, 0.25) is 0 Å². The molecule has 0 aliphatic carbocycles. The standard InChI is InChI=1S/C21H14Cl4N2O/c22-13-8-9-20(17(25)10-13)28-12-21-26-18-6-1-2-7-19(18)27(21)11-14-15(23)4-3-5-16(14)24/h1-10H,11-12H2. The van der Waals surface area contributed by atoms with Gasteiger partial charge in [0.15, 0.2) is 0 Å². The first-order valence-corrected chi connectivity index (χ1v) is 9.99. The summed E-state index contributed by atoms with van der Waals surface area (Å²) in [4.78, 5) is 4.71. The average Bonchev–Trinajstić information content (AvgIpc) is 3.01. The van der Waals surface area contributed by atoms with Crippen molar-refractivity contribution in [2.45, 2.75) is 13.2 Å². The Labute approximate surface area is 182 Å². The summed E-state index contributed by atoms with van der Waals surface area (Å²) < 4.78 is 7.95. The molecule has 1 heterocycles. The Morgan fingerprint density at radius 3 is 2.32 bits per heavy atom. The Bertz CT molecular complexity index is 1140. The summed E-state index contributed by atoms with van der Waals surface area (Å²) in [5.74, 6) is 1.28. The average molecular weight is 452 g/mol. The molecular formula is C21H14Cl4N2O. The summed E-state index contributed by atoms with van der Waals surface area (Å²) in [5, 5.41) is 2.22. The predicted octanol–water partition coefficient (Wildman–Crippen LogP) is 7.28. The third kappa shape index (κ3) is 3.94. The molecule has 3 nitrogen and oxygen atoms in total. The second kappa shape index (κ2) is 8.22. The van der Waals surface area contributed by atoms with Crippen molar-refractivity contribution in [2.24, 2.45) is 0 Å². The lowest BCUT2D eigenvalue weighted by Crippen LogP contribution is -2.09. The van der Waals surface area contributed by atoms with Crippen molar-refractivity contribution < 1.29 is 4.74 Å². The number of benzene rings is 3. The van der Waals surface area contributed by atoms with Gasteiger partial charge >= 0.3 is 0 Å². The molecule has 4 rings (SSSR count). The molecule has 0 saturated heterocycles. The SMILES string of the molecule is Clc1ccc(OCc2nc3ccccc3n2Cc2c(Cl)cccc2Cl)c(Cl)c1. The van der Waals surface area contributed by atoms with E-state index in [0.717, 1.165) is 22.4 Å². The first-order valence-electron chi connectivity index (χ1n) is 8.48. The molecule has 1 aromatic heterocycles. The van der Waals surface area contributed by atoms with Crippen LogP contribution in [0.1, 0.15) is 11.4 Å². The van der Waals surface area contributed by atoms with E-state index in [1.807, 2.05) is 47.0 Å². The maximum Gasteiger partial charge on any atom is 0.148 e. The zero-order valence-electron chi connectivity index (χ0n) is 14.5. The van der Waals surface area contributed by atoms with E-state index in [9.17, 15) is 0 Å². The number of rotatable bonds is 5. The van der Waals surface area contributed by atoms with Gasteiger partial charge in [0.05, 0.1) is 22.6 Å². The second-order valence-electron chi connectivity index (χ2n) is 6.17. The molecule has 0 amide bonds. The first-order chi connectivity index (χ1) is 13.5. The molecule has 0 fully saturated rings. The minimum atomic E-state index is 0.234. The largest absolute Gasteiger partial charge is 0.484 e. The van der Waals surface area contributed by atoms with Crippen LogP contribution in [0.5, 0.6) is 5.75 Å². The van der Waals surface area contributed by atoms with E-state index >= 15 is 0 Å². The molecule has 3 aromatic carbocycles. The van der Waals surface area contributed by atoms with Gasteiger partial charge in [0.1, 0.15) is 18.2 Å². The number of imidazole rings is 1. The molecule has 0 N–H and O–H groups in total. The zero-order valence-corrected chi connectivity index (χ0v) is 17.5. The number of nitrogens with zero attached hydrogens (tertiary/aromatic N) is 2. The highest BCUT2D eigenvalue weighted by molar-refractivity contribution is 6.36. The van der Waals surface area contributed by atoms with E-state index in [-0.39, 0.29) is 6.61 Å². The molecule has 0 aliphatic rings. The highest BCUT2D eigenvalue weighted by Crippen LogP contribution is 2.30. The Kier molecular flexibility index (Phi) is 5.70. The molecule has 4 aromatic rings. The summed E-state index contributed by atoms with van der Waals surface area (Å²) in [6.45, 7) is 0.712. The lowest BCUT2D eigenvalue weighted by molar-refractivity contribution is 0.291. The fourth-order valence-corrected chi connectivity index (χ4v) is 3.97. The van der Waals surface area contributed by atoms with Crippen LogP contribution in [-0.4, -0.2) is 9.55 Å². The van der Waals surface area contributed by atoms with E-state index in [1.165, 1.54) is 0 Å². The molecule has 0 spiro atoms. The van der Waals surface area contributed by atoms with Crippen LogP contribution in [0.15, 0.2) is 60.7 Å². The van der Waals surface area contributed by atoms with Gasteiger partial charge in [-0.1, -0.05) is 64.6 Å². The number of hydrogen-bond acceptors (Lipinski definition) is 2. The van der Waals surface area contributed by atoms with E-state index in [0.29, 0.717) is 32.4 Å². The Morgan fingerprint density at radius 1 is 0.821 bits per heavy atom. The first kappa shape index (κ1) is 19.4. The number of aromatic nitrogens is 2. The highest BCUT2D eigenvalue weighted by atomic mass is 35.5. The van der Waals surface area contributed by atoms with Gasteiger partial charge in [-0.2, -0.15) is 0 Å². The maximum atomic E-state index is 6.38. The third-order valence-corrected chi connectivity index (χ3v) is 5.60. The molecule has 7 heteroatoms. The van der Waals surface area contributed by atoms with E-state index in [2.05, 4.69) is 0 Å². The summed E-state index contributed by atoms with van der Waals surface area (Å²) in [6, 6.07) is 18.5. The molecule has 142 valence electrons. The van der Waals surface area contributed by atoms with Gasteiger partial charge in [-0.3, -0.25) is 0 Å². The molecule has 0 radical (unpaired) electrons. The van der Waals surface area contributed by atoms with Crippen LogP contribution in [0.3, 0.4) is 0 Å². The zero-order chi connectivity index (χ0) is 19.7. The van der Waals surface area contributed by atoms with E-state index in [4.69, 9.17) is 56.1 Å². The van der Waals surface area contributed by atoms with E-state index in [1.54, 1.807) is 18.2 Å². The normalized spacial score (nSPS) is 11.1. The fourth-order valence-electron chi connectivity index (χ4n) is 2.99. The number of hydrogen-bond donors (Lipinski definition) is 0. The van der Waals surface area contributed by atoms with Gasteiger partial charge in [-0.15, -0.1) is 0 Å². The van der Waals surface area contributed by atoms with E-state index < -0.39 is 0 Å². The van der Waals surface area contributed by atoms with Crippen LogP contribution in [0, 0.1) is 0 Å². The van der Waals surface area contributed by atoms with Crippen LogP contribution in [0.25, 0.3) is 11.0 Å². The van der Waals surface area contributed by atoms with Crippen molar-refractivity contribution in [3.63, 3.8) is 0 Å². The summed E-state index contributed by atoms with van der Waals surface area (Å²) in [7, 11) is 0. The maximum absolute atomic E-state index is 6.38. The van der Waals surface area contributed by atoms with Crippen molar-refractivity contribution in [1.82, 2.24) is 9.55 Å². The summed E-state index contributed by atoms with van der Waals surface area (Å²) in [6.07, 6.45) is 0.